The number of morpholine rings is 1. The van der Waals surface area contributed by atoms with Crippen molar-refractivity contribution >= 4 is 11.8 Å². The summed E-state index contributed by atoms with van der Waals surface area (Å²) in [5.41, 5.74) is 1.03. The molecule has 0 spiro atoms. The van der Waals surface area contributed by atoms with E-state index in [-0.39, 0.29) is 17.7 Å². The molecule has 5 atom stereocenters. The number of benzene rings is 1. The molecule has 3 rings (SSSR count). The summed E-state index contributed by atoms with van der Waals surface area (Å²) in [4.78, 5) is 29.5. The van der Waals surface area contributed by atoms with Crippen LogP contribution in [-0.2, 0) is 20.7 Å². The van der Waals surface area contributed by atoms with Crippen LogP contribution in [-0.4, -0.2) is 83.6 Å². The van der Waals surface area contributed by atoms with Gasteiger partial charge in [0.05, 0.1) is 37.4 Å². The second-order valence-corrected chi connectivity index (χ2v) is 12.6. The van der Waals surface area contributed by atoms with Crippen LogP contribution in [0, 0.1) is 11.8 Å². The van der Waals surface area contributed by atoms with Gasteiger partial charge in [0.1, 0.15) is 6.10 Å². The Hall–Kier alpha value is -2.00. The van der Waals surface area contributed by atoms with Crippen molar-refractivity contribution in [3.05, 3.63) is 35.9 Å². The van der Waals surface area contributed by atoms with E-state index < -0.39 is 30.3 Å². The van der Waals surface area contributed by atoms with Crippen LogP contribution in [0.2, 0.25) is 0 Å². The van der Waals surface area contributed by atoms with Crippen molar-refractivity contribution in [2.45, 2.75) is 122 Å². The molecule has 1 saturated heterocycles. The van der Waals surface area contributed by atoms with Crippen LogP contribution in [0.25, 0.3) is 0 Å². The van der Waals surface area contributed by atoms with Gasteiger partial charge in [0.25, 0.3) is 0 Å². The second kappa shape index (κ2) is 17.8. The molecule has 2 amide bonds. The molecule has 8 heteroatoms. The lowest BCUT2D eigenvalue weighted by molar-refractivity contribution is -0.138. The number of hydrogen-bond donors (Lipinski definition) is 4. The number of unbranched alkanes of at least 4 members (excludes halogenated alkanes) is 1. The number of aliphatic hydroxyl groups is 2. The first-order valence-corrected chi connectivity index (χ1v) is 16.1. The molecule has 0 radical (unpaired) electrons. The van der Waals surface area contributed by atoms with Crippen molar-refractivity contribution in [3.8, 4) is 0 Å². The van der Waals surface area contributed by atoms with Crippen molar-refractivity contribution < 1.29 is 24.5 Å². The molecule has 1 aliphatic carbocycles. The predicted molar refractivity (Wildman–Crippen MR) is 162 cm³/mol. The molecule has 0 bridgehead atoms. The highest BCUT2D eigenvalue weighted by Crippen LogP contribution is 2.29. The lowest BCUT2D eigenvalue weighted by atomic mass is 9.82. The second-order valence-electron chi connectivity index (χ2n) is 12.6. The topological polar surface area (TPSA) is 111 Å². The van der Waals surface area contributed by atoms with Gasteiger partial charge in [-0.15, -0.1) is 0 Å². The third-order valence-electron chi connectivity index (χ3n) is 8.63. The maximum absolute atomic E-state index is 13.9. The maximum Gasteiger partial charge on any atom is 0.240 e. The Kier molecular flexibility index (Phi) is 14.6. The summed E-state index contributed by atoms with van der Waals surface area (Å²) in [6, 6.07) is 8.23. The zero-order valence-electron chi connectivity index (χ0n) is 25.6. The minimum absolute atomic E-state index is 0.0161. The number of hydrogen-bond acceptors (Lipinski definition) is 6. The van der Waals surface area contributed by atoms with Gasteiger partial charge >= 0.3 is 0 Å². The monoisotopic (exact) mass is 573 g/mol. The summed E-state index contributed by atoms with van der Waals surface area (Å²) in [7, 11) is 0. The Morgan fingerprint density at radius 3 is 2.34 bits per heavy atom. The zero-order chi connectivity index (χ0) is 29.6. The minimum atomic E-state index is -1.04. The Morgan fingerprint density at radius 2 is 1.71 bits per heavy atom. The number of amides is 2. The van der Waals surface area contributed by atoms with E-state index in [2.05, 4.69) is 17.6 Å². The highest BCUT2D eigenvalue weighted by Gasteiger charge is 2.35. The third-order valence-corrected chi connectivity index (χ3v) is 8.63. The number of carbonyl (C=O) groups is 2. The van der Waals surface area contributed by atoms with E-state index in [0.717, 1.165) is 31.2 Å². The molecule has 232 valence electrons. The summed E-state index contributed by atoms with van der Waals surface area (Å²) in [5, 5.41) is 28.7. The molecule has 0 unspecified atom stereocenters. The molecular formula is C33H55N3O5. The molecule has 0 aromatic heterocycles. The van der Waals surface area contributed by atoms with E-state index in [0.29, 0.717) is 57.9 Å². The van der Waals surface area contributed by atoms with E-state index >= 15 is 0 Å². The lowest BCUT2D eigenvalue weighted by Gasteiger charge is -2.35. The fraction of sp³-hybridized carbons (Fsp3) is 0.758. The van der Waals surface area contributed by atoms with Gasteiger partial charge in [0.2, 0.25) is 11.8 Å². The van der Waals surface area contributed by atoms with Gasteiger partial charge in [0.15, 0.2) is 0 Å². The van der Waals surface area contributed by atoms with Crippen LogP contribution in [0.4, 0.5) is 0 Å². The van der Waals surface area contributed by atoms with E-state index in [9.17, 15) is 19.8 Å². The molecule has 1 aromatic rings. The Bertz CT molecular complexity index is 886. The number of ether oxygens (including phenoxy) is 1. The van der Waals surface area contributed by atoms with Gasteiger partial charge in [-0.3, -0.25) is 14.9 Å². The summed E-state index contributed by atoms with van der Waals surface area (Å²) in [6.07, 6.45) is 7.76. The zero-order valence-corrected chi connectivity index (χ0v) is 25.6. The first-order valence-electron chi connectivity index (χ1n) is 16.1. The summed E-state index contributed by atoms with van der Waals surface area (Å²) in [6.45, 7) is 8.25. The fourth-order valence-electron chi connectivity index (χ4n) is 6.25. The van der Waals surface area contributed by atoms with Crippen LogP contribution >= 0.6 is 0 Å². The predicted octanol–water partition coefficient (Wildman–Crippen LogP) is 3.83. The Balaban J connectivity index is 1.79. The fourth-order valence-corrected chi connectivity index (χ4v) is 6.25. The van der Waals surface area contributed by atoms with Crippen molar-refractivity contribution in [2.24, 2.45) is 11.8 Å². The Labute approximate surface area is 247 Å². The molecular weight excluding hydrogens is 518 g/mol. The van der Waals surface area contributed by atoms with Crippen molar-refractivity contribution in [1.82, 2.24) is 15.5 Å². The average Bonchev–Trinajstić information content (AvgIpc) is 2.98. The molecule has 8 nitrogen and oxygen atoms in total. The van der Waals surface area contributed by atoms with E-state index in [1.807, 2.05) is 49.1 Å². The molecule has 2 aliphatic rings. The summed E-state index contributed by atoms with van der Waals surface area (Å²) in [5.74, 6) is 0.431. The number of aliphatic hydroxyl groups excluding tert-OH is 2. The van der Waals surface area contributed by atoms with Crippen LogP contribution < -0.4 is 10.6 Å². The van der Waals surface area contributed by atoms with Crippen molar-refractivity contribution in [1.29, 1.82) is 0 Å². The minimum Gasteiger partial charge on any atom is -0.390 e. The highest BCUT2D eigenvalue weighted by molar-refractivity contribution is 5.86. The quantitative estimate of drug-likeness (QED) is 0.239. The molecule has 1 aromatic carbocycles. The first kappa shape index (κ1) is 33.5. The number of carbonyl (C=O) groups excluding carboxylic acids is 2. The van der Waals surface area contributed by atoms with Gasteiger partial charge in [-0.1, -0.05) is 96.0 Å². The standard InChI is InChI=1S/C33H55N3O5/c1-4-5-16-27(34-29(23-26-14-10-7-11-15-26)33(40)36-17-19-41-20-18-36)32(39)35-28(22-25-12-8-6-9-13-25)31(38)30(37)21-24(2)3/h7,10-11,14-15,24-25,27-31,34,37-38H,4-6,8-9,12-13,16-23H2,1-3H3,(H,35,39)/t27-,28-,29+,30-,31+/m0/s1. The summed E-state index contributed by atoms with van der Waals surface area (Å²) < 4.78 is 5.47. The molecule has 1 aliphatic heterocycles. The highest BCUT2D eigenvalue weighted by atomic mass is 16.5. The van der Waals surface area contributed by atoms with Crippen molar-refractivity contribution in [3.63, 3.8) is 0 Å². The lowest BCUT2D eigenvalue weighted by Crippen LogP contribution is -2.59. The van der Waals surface area contributed by atoms with Gasteiger partial charge in [0, 0.05) is 13.1 Å². The van der Waals surface area contributed by atoms with Crippen molar-refractivity contribution in [2.75, 3.05) is 26.3 Å². The van der Waals surface area contributed by atoms with Gasteiger partial charge in [-0.05, 0) is 43.1 Å². The van der Waals surface area contributed by atoms with E-state index in [1.165, 1.54) is 19.3 Å². The Morgan fingerprint density at radius 1 is 1.02 bits per heavy atom. The van der Waals surface area contributed by atoms with Gasteiger partial charge in [-0.25, -0.2) is 0 Å². The smallest absolute Gasteiger partial charge is 0.240 e. The molecule has 1 heterocycles. The average molecular weight is 574 g/mol. The van der Waals surface area contributed by atoms with Gasteiger partial charge < -0.3 is 25.2 Å². The largest absolute Gasteiger partial charge is 0.390 e. The normalized spacial score (nSPS) is 20.3. The van der Waals surface area contributed by atoms with Crippen LogP contribution in [0.1, 0.15) is 90.5 Å². The van der Waals surface area contributed by atoms with Crippen LogP contribution in [0.15, 0.2) is 30.3 Å². The molecule has 4 N–H and O–H groups in total. The molecule has 1 saturated carbocycles. The number of nitrogens with zero attached hydrogens (tertiary/aromatic N) is 1. The number of nitrogens with one attached hydrogen (secondary N) is 2. The van der Waals surface area contributed by atoms with Gasteiger partial charge in [-0.2, -0.15) is 0 Å². The molecule has 41 heavy (non-hydrogen) atoms. The van der Waals surface area contributed by atoms with E-state index in [4.69, 9.17) is 4.74 Å². The third kappa shape index (κ3) is 11.3. The number of rotatable bonds is 16. The van der Waals surface area contributed by atoms with Crippen LogP contribution in [0.3, 0.4) is 0 Å². The van der Waals surface area contributed by atoms with Crippen LogP contribution in [0.5, 0.6) is 0 Å². The maximum atomic E-state index is 13.9. The first-order chi connectivity index (χ1) is 19.8. The molecule has 2 fully saturated rings. The SMILES string of the molecule is CCCC[C@H](N[C@H](Cc1ccccc1)C(=O)N1CCOCC1)C(=O)N[C@@H](CC1CCCCC1)[C@@H](O)[C@@H](O)CC(C)C. The van der Waals surface area contributed by atoms with E-state index in [1.54, 1.807) is 0 Å². The summed E-state index contributed by atoms with van der Waals surface area (Å²) >= 11 is 0.